The first kappa shape index (κ1) is 20.8. The highest BCUT2D eigenvalue weighted by Crippen LogP contribution is 2.11. The molecule has 0 atom stereocenters. The van der Waals surface area contributed by atoms with E-state index in [1.807, 2.05) is 31.7 Å². The topological polar surface area (TPSA) is 93.2 Å². The lowest BCUT2D eigenvalue weighted by atomic mass is 10.2. The molecule has 8 heteroatoms. The van der Waals surface area contributed by atoms with E-state index >= 15 is 0 Å². The molecule has 1 aliphatic heterocycles. The summed E-state index contributed by atoms with van der Waals surface area (Å²) in [5.74, 6) is 0.510. The fraction of sp³-hybridized carbons (Fsp3) is 0.632. The zero-order chi connectivity index (χ0) is 19.9. The first-order chi connectivity index (χ1) is 12.8. The minimum Gasteiger partial charge on any atom is -0.444 e. The van der Waals surface area contributed by atoms with Gasteiger partial charge in [0.2, 0.25) is 5.56 Å². The number of carbonyl (C=O) groups excluding carboxylic acids is 1. The van der Waals surface area contributed by atoms with Gasteiger partial charge in [0.25, 0.3) is 0 Å². The third kappa shape index (κ3) is 6.96. The highest BCUT2D eigenvalue weighted by atomic mass is 16.6. The number of nitrogens with zero attached hydrogens (tertiary/aromatic N) is 4. The molecule has 1 saturated heterocycles. The van der Waals surface area contributed by atoms with Crippen LogP contribution in [-0.2, 0) is 11.3 Å². The standard InChI is InChI=1S/C19H31N5O3/c1-19(2,3)27-18(26)24-14-12-23(13-15-24)17(20)21-9-5-7-11-22-10-6-4-8-16(22)25/h4,6,8,10H,5,7,9,11-15H2,1-3H3,(H2,20,21). The normalized spacial score (nSPS) is 15.7. The van der Waals surface area contributed by atoms with E-state index in [4.69, 9.17) is 10.5 Å². The lowest BCUT2D eigenvalue weighted by Gasteiger charge is -2.36. The van der Waals surface area contributed by atoms with Crippen molar-refractivity contribution in [2.75, 3.05) is 32.7 Å². The summed E-state index contributed by atoms with van der Waals surface area (Å²) in [6, 6.07) is 5.16. The van der Waals surface area contributed by atoms with Crippen molar-refractivity contribution in [3.05, 3.63) is 34.7 Å². The van der Waals surface area contributed by atoms with Gasteiger partial charge in [-0.05, 0) is 39.7 Å². The molecule has 2 N–H and O–H groups in total. The fourth-order valence-corrected chi connectivity index (χ4v) is 2.78. The van der Waals surface area contributed by atoms with Crippen LogP contribution in [0.2, 0.25) is 0 Å². The molecule has 0 radical (unpaired) electrons. The minimum atomic E-state index is -0.487. The summed E-state index contributed by atoms with van der Waals surface area (Å²) in [6.07, 6.45) is 3.24. The van der Waals surface area contributed by atoms with Gasteiger partial charge in [-0.25, -0.2) is 4.79 Å². The Morgan fingerprint density at radius 1 is 1.15 bits per heavy atom. The van der Waals surface area contributed by atoms with Crippen molar-refractivity contribution in [2.45, 2.75) is 45.8 Å². The van der Waals surface area contributed by atoms with Crippen LogP contribution in [0.4, 0.5) is 4.79 Å². The van der Waals surface area contributed by atoms with Gasteiger partial charge < -0.3 is 24.8 Å². The predicted molar refractivity (Wildman–Crippen MR) is 106 cm³/mol. The number of hydrogen-bond acceptors (Lipinski definition) is 4. The number of nitrogens with two attached hydrogens (primary N) is 1. The summed E-state index contributed by atoms with van der Waals surface area (Å²) in [5, 5.41) is 0. The maximum Gasteiger partial charge on any atom is 0.410 e. The molecule has 0 spiro atoms. The highest BCUT2D eigenvalue weighted by Gasteiger charge is 2.26. The summed E-state index contributed by atoms with van der Waals surface area (Å²) in [4.78, 5) is 31.8. The van der Waals surface area contributed by atoms with Gasteiger partial charge >= 0.3 is 6.09 Å². The quantitative estimate of drug-likeness (QED) is 0.477. The number of aliphatic imine (C=N–C) groups is 1. The SMILES string of the molecule is CC(C)(C)OC(=O)N1CCN(C(N)=NCCCCn2ccccc2=O)CC1. The maximum absolute atomic E-state index is 12.1. The number of aryl methyl sites for hydroxylation is 1. The fourth-order valence-electron chi connectivity index (χ4n) is 2.78. The lowest BCUT2D eigenvalue weighted by Crippen LogP contribution is -2.53. The smallest absolute Gasteiger partial charge is 0.410 e. The zero-order valence-corrected chi connectivity index (χ0v) is 16.6. The summed E-state index contributed by atoms with van der Waals surface area (Å²) in [7, 11) is 0. The molecular weight excluding hydrogens is 346 g/mol. The first-order valence-electron chi connectivity index (χ1n) is 9.44. The zero-order valence-electron chi connectivity index (χ0n) is 16.6. The van der Waals surface area contributed by atoms with Gasteiger partial charge in [-0.1, -0.05) is 6.07 Å². The van der Waals surface area contributed by atoms with Crippen LogP contribution in [-0.4, -0.2) is 64.7 Å². The summed E-state index contributed by atoms with van der Waals surface area (Å²) < 4.78 is 7.09. The molecule has 2 rings (SSSR count). The van der Waals surface area contributed by atoms with Crippen molar-refractivity contribution in [3.63, 3.8) is 0 Å². The van der Waals surface area contributed by atoms with Gasteiger partial charge in [0, 0.05) is 51.5 Å². The lowest BCUT2D eigenvalue weighted by molar-refractivity contribution is 0.0186. The van der Waals surface area contributed by atoms with Gasteiger partial charge in [0.05, 0.1) is 0 Å². The number of hydrogen-bond donors (Lipinski definition) is 1. The van der Waals surface area contributed by atoms with Gasteiger partial charge in [0.15, 0.2) is 5.96 Å². The predicted octanol–water partition coefficient (Wildman–Crippen LogP) is 1.50. The molecule has 0 bridgehead atoms. The molecule has 1 aliphatic rings. The Hall–Kier alpha value is -2.51. The van der Waals surface area contributed by atoms with Crippen molar-refractivity contribution in [1.82, 2.24) is 14.4 Å². The third-order valence-corrected chi connectivity index (χ3v) is 4.24. The van der Waals surface area contributed by atoms with E-state index in [-0.39, 0.29) is 11.7 Å². The summed E-state index contributed by atoms with van der Waals surface area (Å²) in [5.41, 5.74) is 5.61. The number of amides is 1. The van der Waals surface area contributed by atoms with Crippen molar-refractivity contribution >= 4 is 12.1 Å². The number of guanidine groups is 1. The number of unbranched alkanes of at least 4 members (excludes halogenated alkanes) is 1. The van der Waals surface area contributed by atoms with Crippen LogP contribution in [0.5, 0.6) is 0 Å². The molecule has 0 unspecified atom stereocenters. The molecule has 0 saturated carbocycles. The second kappa shape index (κ2) is 9.43. The molecule has 1 aromatic heterocycles. The molecule has 27 heavy (non-hydrogen) atoms. The largest absolute Gasteiger partial charge is 0.444 e. The maximum atomic E-state index is 12.1. The Kier molecular flexibility index (Phi) is 7.27. The van der Waals surface area contributed by atoms with Crippen LogP contribution >= 0.6 is 0 Å². The van der Waals surface area contributed by atoms with Crippen LogP contribution < -0.4 is 11.3 Å². The average molecular weight is 377 g/mol. The number of piperazine rings is 1. The van der Waals surface area contributed by atoms with E-state index in [0.717, 1.165) is 12.8 Å². The molecule has 1 aromatic rings. The molecule has 0 aliphatic carbocycles. The van der Waals surface area contributed by atoms with Gasteiger partial charge in [-0.3, -0.25) is 9.79 Å². The number of carbonyl (C=O) groups is 1. The Morgan fingerprint density at radius 2 is 1.81 bits per heavy atom. The summed E-state index contributed by atoms with van der Waals surface area (Å²) >= 11 is 0. The van der Waals surface area contributed by atoms with Crippen molar-refractivity contribution < 1.29 is 9.53 Å². The minimum absolute atomic E-state index is 0.0170. The third-order valence-electron chi connectivity index (χ3n) is 4.24. The van der Waals surface area contributed by atoms with Crippen LogP contribution in [0.3, 0.4) is 0 Å². The van der Waals surface area contributed by atoms with Crippen LogP contribution in [0.25, 0.3) is 0 Å². The monoisotopic (exact) mass is 377 g/mol. The Bertz CT molecular complexity index is 700. The Balaban J connectivity index is 1.69. The van der Waals surface area contributed by atoms with Gasteiger partial charge in [0.1, 0.15) is 5.60 Å². The Morgan fingerprint density at radius 3 is 2.44 bits per heavy atom. The summed E-state index contributed by atoms with van der Waals surface area (Å²) in [6.45, 7) is 9.33. The van der Waals surface area contributed by atoms with E-state index in [2.05, 4.69) is 4.99 Å². The van der Waals surface area contributed by atoms with E-state index in [0.29, 0.717) is 45.2 Å². The second-order valence-electron chi connectivity index (χ2n) is 7.63. The first-order valence-corrected chi connectivity index (χ1v) is 9.44. The van der Waals surface area contributed by atoms with E-state index in [1.165, 1.54) is 0 Å². The molecule has 1 fully saturated rings. The Labute approximate surface area is 160 Å². The number of rotatable bonds is 5. The second-order valence-corrected chi connectivity index (χ2v) is 7.63. The molecule has 150 valence electrons. The van der Waals surface area contributed by atoms with Crippen LogP contribution in [0.1, 0.15) is 33.6 Å². The van der Waals surface area contributed by atoms with Crippen molar-refractivity contribution in [1.29, 1.82) is 0 Å². The molecular formula is C19H31N5O3. The van der Waals surface area contributed by atoms with E-state index in [1.54, 1.807) is 27.8 Å². The van der Waals surface area contributed by atoms with E-state index < -0.39 is 5.60 Å². The number of pyridine rings is 1. The molecule has 8 nitrogen and oxygen atoms in total. The van der Waals surface area contributed by atoms with Gasteiger partial charge in [-0.15, -0.1) is 0 Å². The number of aromatic nitrogens is 1. The van der Waals surface area contributed by atoms with Crippen molar-refractivity contribution in [2.24, 2.45) is 10.7 Å². The number of ether oxygens (including phenoxy) is 1. The van der Waals surface area contributed by atoms with E-state index in [9.17, 15) is 9.59 Å². The van der Waals surface area contributed by atoms with Crippen molar-refractivity contribution in [3.8, 4) is 0 Å². The van der Waals surface area contributed by atoms with Gasteiger partial charge in [-0.2, -0.15) is 0 Å². The molecule has 2 heterocycles. The average Bonchev–Trinajstić information content (AvgIpc) is 2.61. The molecule has 1 amide bonds. The highest BCUT2D eigenvalue weighted by molar-refractivity contribution is 5.78. The van der Waals surface area contributed by atoms with Crippen LogP contribution in [0.15, 0.2) is 34.2 Å². The van der Waals surface area contributed by atoms with Crippen LogP contribution in [0, 0.1) is 0 Å². The molecule has 0 aromatic carbocycles.